The van der Waals surface area contributed by atoms with E-state index in [1.165, 1.54) is 0 Å². The molecule has 4 heterocycles. The third-order valence-corrected chi connectivity index (χ3v) is 6.00. The summed E-state index contributed by atoms with van der Waals surface area (Å²) in [4.78, 5) is 27.5. The molecule has 4 aliphatic heterocycles. The Morgan fingerprint density at radius 3 is 2.96 bits per heavy atom. The van der Waals surface area contributed by atoms with E-state index in [4.69, 9.17) is 14.2 Å². The van der Waals surface area contributed by atoms with Gasteiger partial charge >= 0.3 is 11.9 Å². The minimum atomic E-state index is -1.25. The van der Waals surface area contributed by atoms with E-state index in [-0.39, 0.29) is 31.8 Å². The second-order valence-corrected chi connectivity index (χ2v) is 7.31. The molecule has 0 bridgehead atoms. The average Bonchev–Trinajstić information content (AvgIpc) is 2.90. The van der Waals surface area contributed by atoms with Crippen molar-refractivity contribution in [3.63, 3.8) is 0 Å². The lowest BCUT2D eigenvalue weighted by Gasteiger charge is -2.26. The fourth-order valence-corrected chi connectivity index (χ4v) is 4.26. The fourth-order valence-electron chi connectivity index (χ4n) is 4.26. The summed E-state index contributed by atoms with van der Waals surface area (Å²) in [6.07, 6.45) is 4.34. The van der Waals surface area contributed by atoms with Crippen molar-refractivity contribution in [1.29, 1.82) is 0 Å². The van der Waals surface area contributed by atoms with E-state index in [0.717, 1.165) is 25.1 Å². The van der Waals surface area contributed by atoms with Gasteiger partial charge in [-0.2, -0.15) is 0 Å². The summed E-state index contributed by atoms with van der Waals surface area (Å²) in [5.74, 6) is -0.903. The van der Waals surface area contributed by atoms with Crippen LogP contribution in [0.4, 0.5) is 0 Å². The Kier molecular flexibility index (Phi) is 3.79. The smallest absolute Gasteiger partial charge is 0.341 e. The van der Waals surface area contributed by atoms with Gasteiger partial charge in [-0.1, -0.05) is 12.2 Å². The molecule has 3 fully saturated rings. The van der Waals surface area contributed by atoms with Crippen LogP contribution in [0.25, 0.3) is 0 Å². The number of cyclic esters (lactones) is 1. The summed E-state index contributed by atoms with van der Waals surface area (Å²) < 4.78 is 16.9. The number of carbonyl (C=O) groups excluding carboxylic acids is 2. The van der Waals surface area contributed by atoms with Gasteiger partial charge in [0, 0.05) is 25.1 Å². The van der Waals surface area contributed by atoms with Gasteiger partial charge in [-0.3, -0.25) is 4.90 Å². The van der Waals surface area contributed by atoms with Gasteiger partial charge in [0.1, 0.15) is 18.3 Å². The van der Waals surface area contributed by atoms with Crippen LogP contribution in [-0.2, 0) is 23.8 Å². The summed E-state index contributed by atoms with van der Waals surface area (Å²) in [6.45, 7) is 4.76. The maximum atomic E-state index is 12.7. The van der Waals surface area contributed by atoms with Crippen molar-refractivity contribution in [2.75, 3.05) is 26.3 Å². The van der Waals surface area contributed by atoms with Gasteiger partial charge in [-0.25, -0.2) is 9.59 Å². The predicted molar refractivity (Wildman–Crippen MR) is 86.6 cm³/mol. The van der Waals surface area contributed by atoms with Crippen LogP contribution in [-0.4, -0.2) is 71.6 Å². The molecule has 0 aromatic rings. The Hall–Kier alpha value is -1.70. The van der Waals surface area contributed by atoms with Crippen LogP contribution < -0.4 is 0 Å². The van der Waals surface area contributed by atoms with Crippen molar-refractivity contribution in [2.45, 2.75) is 50.0 Å². The average molecular weight is 349 g/mol. The number of nitrogens with zero attached hydrogens (tertiary/aromatic N) is 1. The van der Waals surface area contributed by atoms with E-state index in [1.54, 1.807) is 19.9 Å². The van der Waals surface area contributed by atoms with E-state index < -0.39 is 23.1 Å². The molecule has 4 rings (SSSR count). The van der Waals surface area contributed by atoms with Crippen LogP contribution in [0.1, 0.15) is 26.7 Å². The monoisotopic (exact) mass is 349 g/mol. The van der Waals surface area contributed by atoms with Crippen LogP contribution >= 0.6 is 0 Å². The van der Waals surface area contributed by atoms with E-state index in [0.29, 0.717) is 5.57 Å². The van der Waals surface area contributed by atoms with Crippen molar-refractivity contribution < 1.29 is 28.9 Å². The standard InChI is InChI=1S/C18H23NO6/c1-3-11-8-18(10-20)17(2,25-18)16(22)23-9-12-4-6-19-7-5-13(14(12)19)24-15(11)21/h3-4,13-14,20H,5-10H2,1-2H3/b11-3+/t13-,14-,17+,18?/m1/s1. The summed E-state index contributed by atoms with van der Waals surface area (Å²) in [6, 6.07) is -0.0233. The SMILES string of the molecule is C/C=C1\CC2(CO)O[C@@]2(C)C(=O)OCC2=CCN3CC[C@@H](OC1=O)[C@@H]23. The highest BCUT2D eigenvalue weighted by atomic mass is 16.7. The number of ether oxygens (including phenoxy) is 3. The van der Waals surface area contributed by atoms with Gasteiger partial charge in [0.05, 0.1) is 12.6 Å². The summed E-state index contributed by atoms with van der Waals surface area (Å²) in [5.41, 5.74) is -1.00. The molecule has 0 radical (unpaired) electrons. The Morgan fingerprint density at radius 1 is 1.44 bits per heavy atom. The van der Waals surface area contributed by atoms with Crippen LogP contribution in [0.5, 0.6) is 0 Å². The number of hydrogen-bond donors (Lipinski definition) is 1. The second kappa shape index (κ2) is 5.65. The molecule has 1 unspecified atom stereocenters. The zero-order valence-corrected chi connectivity index (χ0v) is 14.5. The van der Waals surface area contributed by atoms with Crippen LogP contribution in [0.2, 0.25) is 0 Å². The third-order valence-electron chi connectivity index (χ3n) is 6.00. The van der Waals surface area contributed by atoms with E-state index in [1.807, 2.05) is 6.08 Å². The normalized spacial score (nSPS) is 42.7. The molecule has 1 N–H and O–H groups in total. The Balaban J connectivity index is 1.67. The summed E-state index contributed by atoms with van der Waals surface area (Å²) >= 11 is 0. The number of carbonyl (C=O) groups is 2. The number of aliphatic hydroxyl groups is 1. The first kappa shape index (κ1) is 16.8. The largest absolute Gasteiger partial charge is 0.459 e. The minimum Gasteiger partial charge on any atom is -0.459 e. The molecule has 7 heteroatoms. The van der Waals surface area contributed by atoms with Gasteiger partial charge in [0.15, 0.2) is 5.60 Å². The quantitative estimate of drug-likeness (QED) is 0.316. The van der Waals surface area contributed by atoms with Crippen molar-refractivity contribution in [3.8, 4) is 0 Å². The predicted octanol–water partition coefficient (Wildman–Crippen LogP) is 0.326. The third kappa shape index (κ3) is 2.37. The number of esters is 2. The molecule has 3 saturated heterocycles. The highest BCUT2D eigenvalue weighted by Crippen LogP contribution is 2.52. The zero-order chi connectivity index (χ0) is 17.8. The number of epoxide rings is 1. The molecule has 0 aliphatic carbocycles. The van der Waals surface area contributed by atoms with Crippen LogP contribution in [0.15, 0.2) is 23.3 Å². The topological polar surface area (TPSA) is 88.6 Å². The molecule has 4 aliphatic rings. The highest BCUT2D eigenvalue weighted by molar-refractivity contribution is 5.90. The van der Waals surface area contributed by atoms with Gasteiger partial charge in [-0.15, -0.1) is 0 Å². The first-order valence-corrected chi connectivity index (χ1v) is 8.71. The van der Waals surface area contributed by atoms with Crippen molar-refractivity contribution in [1.82, 2.24) is 4.90 Å². The zero-order valence-electron chi connectivity index (χ0n) is 14.5. The number of fused-ring (bicyclic) bond motifs is 1. The fraction of sp³-hybridized carbons (Fsp3) is 0.667. The maximum Gasteiger partial charge on any atom is 0.341 e. The lowest BCUT2D eigenvalue weighted by molar-refractivity contribution is -0.150. The molecule has 136 valence electrons. The molecule has 0 aromatic heterocycles. The molecule has 0 saturated carbocycles. The molecular formula is C18H23NO6. The molecule has 0 aromatic carbocycles. The Bertz CT molecular complexity index is 685. The van der Waals surface area contributed by atoms with Crippen molar-refractivity contribution >= 4 is 11.9 Å². The van der Waals surface area contributed by atoms with E-state index in [9.17, 15) is 14.7 Å². The summed E-state index contributed by atoms with van der Waals surface area (Å²) in [5, 5.41) is 9.80. The van der Waals surface area contributed by atoms with Crippen LogP contribution in [0, 0.1) is 0 Å². The second-order valence-electron chi connectivity index (χ2n) is 7.31. The highest BCUT2D eigenvalue weighted by Gasteiger charge is 2.73. The first-order valence-electron chi connectivity index (χ1n) is 8.71. The number of rotatable bonds is 1. The van der Waals surface area contributed by atoms with E-state index in [2.05, 4.69) is 4.90 Å². The van der Waals surface area contributed by atoms with Gasteiger partial charge in [-0.05, 0) is 25.8 Å². The number of aliphatic hydroxyl groups excluding tert-OH is 1. The number of hydrogen-bond acceptors (Lipinski definition) is 7. The molecular weight excluding hydrogens is 326 g/mol. The van der Waals surface area contributed by atoms with Crippen molar-refractivity contribution in [3.05, 3.63) is 23.3 Å². The van der Waals surface area contributed by atoms with Gasteiger partial charge < -0.3 is 19.3 Å². The lowest BCUT2D eigenvalue weighted by Crippen LogP contribution is -2.40. The Labute approximate surface area is 146 Å². The molecule has 0 spiro atoms. The molecule has 7 nitrogen and oxygen atoms in total. The molecule has 25 heavy (non-hydrogen) atoms. The van der Waals surface area contributed by atoms with Gasteiger partial charge in [0.2, 0.25) is 0 Å². The summed E-state index contributed by atoms with van der Waals surface area (Å²) in [7, 11) is 0. The maximum absolute atomic E-state index is 12.7. The first-order chi connectivity index (χ1) is 11.9. The molecule has 0 amide bonds. The molecule has 4 atom stereocenters. The van der Waals surface area contributed by atoms with Crippen molar-refractivity contribution in [2.24, 2.45) is 0 Å². The minimum absolute atomic E-state index is 0.0233. The number of allylic oxidation sites excluding steroid dienone is 1. The van der Waals surface area contributed by atoms with E-state index >= 15 is 0 Å². The lowest BCUT2D eigenvalue weighted by atomic mass is 9.88. The Morgan fingerprint density at radius 2 is 2.24 bits per heavy atom. The van der Waals surface area contributed by atoms with Crippen LogP contribution in [0.3, 0.4) is 0 Å². The van der Waals surface area contributed by atoms with Gasteiger partial charge in [0.25, 0.3) is 0 Å².